The summed E-state index contributed by atoms with van der Waals surface area (Å²) in [4.78, 5) is 10.4. The van der Waals surface area contributed by atoms with E-state index < -0.39 is 0 Å². The van der Waals surface area contributed by atoms with Crippen molar-refractivity contribution in [3.8, 4) is 17.3 Å². The molecule has 236 valence electrons. The first-order valence-electron chi connectivity index (χ1n) is 16.8. The Balaban J connectivity index is 1.33. The Morgan fingerprint density at radius 3 is 2.10 bits per heavy atom. The number of fused-ring (bicyclic) bond motifs is 9. The van der Waals surface area contributed by atoms with Crippen molar-refractivity contribution in [3.63, 3.8) is 0 Å². The number of aromatic hydroxyl groups is 1. The molecule has 4 aromatic carbocycles. The number of aromatic nitrogens is 6. The van der Waals surface area contributed by atoms with Gasteiger partial charge in [0, 0.05) is 50.5 Å². The number of rotatable bonds is 2. The molecule has 0 spiro atoms. The number of pyridine rings is 1. The van der Waals surface area contributed by atoms with E-state index in [0.717, 1.165) is 66.8 Å². The predicted octanol–water partition coefficient (Wildman–Crippen LogP) is 9.60. The molecule has 0 bridgehead atoms. The Morgan fingerprint density at radius 2 is 1.29 bits per heavy atom. The number of benzene rings is 4. The second-order valence-corrected chi connectivity index (χ2v) is 14.6. The summed E-state index contributed by atoms with van der Waals surface area (Å²) in [6.45, 7) is 9.38. The molecule has 10 aromatic rings. The van der Waals surface area contributed by atoms with Crippen molar-refractivity contribution in [2.24, 2.45) is 0 Å². The van der Waals surface area contributed by atoms with Crippen LogP contribution in [0.4, 0.5) is 0 Å². The summed E-state index contributed by atoms with van der Waals surface area (Å²) in [5.74, 6) is 1.10. The van der Waals surface area contributed by atoms with E-state index in [9.17, 15) is 5.11 Å². The summed E-state index contributed by atoms with van der Waals surface area (Å²) in [7, 11) is 0. The summed E-state index contributed by atoms with van der Waals surface area (Å²) in [5.41, 5.74) is 10.7. The molecule has 1 aliphatic rings. The summed E-state index contributed by atoms with van der Waals surface area (Å²) < 4.78 is 9.06. The number of para-hydroxylation sites is 3. The molecule has 0 aliphatic carbocycles. The molecular formula is C42H32N6O. The molecule has 7 nitrogen and oxygen atoms in total. The molecule has 1 aliphatic heterocycles. The topological polar surface area (TPSA) is 64.7 Å². The monoisotopic (exact) mass is 636 g/mol. The number of hydrogen-bond acceptors (Lipinski definition) is 3. The van der Waals surface area contributed by atoms with Gasteiger partial charge in [-0.3, -0.25) is 13.5 Å². The SMILES string of the molecule is CC1(C)c2cccc3c2n2c(c(-n4c5ccccc5c5ccc(-n6c7ccccc7c7cccnc76)cc54)nc2c2c(O)ccn32)C1(C)C. The van der Waals surface area contributed by atoms with Crippen molar-refractivity contribution in [3.05, 3.63) is 127 Å². The lowest BCUT2D eigenvalue weighted by Crippen LogP contribution is -2.44. The average molecular weight is 637 g/mol. The van der Waals surface area contributed by atoms with Gasteiger partial charge in [0.05, 0.1) is 33.3 Å². The minimum atomic E-state index is -0.338. The highest BCUT2D eigenvalue weighted by molar-refractivity contribution is 6.11. The third-order valence-corrected chi connectivity index (χ3v) is 11.8. The molecular weight excluding hydrogens is 605 g/mol. The molecule has 0 unspecified atom stereocenters. The Labute approximate surface area is 280 Å². The van der Waals surface area contributed by atoms with Crippen molar-refractivity contribution >= 4 is 65.9 Å². The second-order valence-electron chi connectivity index (χ2n) is 14.6. The Bertz CT molecular complexity index is 3020. The lowest BCUT2D eigenvalue weighted by atomic mass is 9.61. The van der Waals surface area contributed by atoms with Crippen LogP contribution < -0.4 is 0 Å². The van der Waals surface area contributed by atoms with Gasteiger partial charge in [-0.25, -0.2) is 9.97 Å². The van der Waals surface area contributed by atoms with E-state index in [4.69, 9.17) is 9.97 Å². The highest BCUT2D eigenvalue weighted by atomic mass is 16.3. The minimum absolute atomic E-state index is 0.224. The van der Waals surface area contributed by atoms with Gasteiger partial charge in [0.2, 0.25) is 0 Å². The van der Waals surface area contributed by atoms with Crippen LogP contribution in [0.2, 0.25) is 0 Å². The molecule has 6 aromatic heterocycles. The Morgan fingerprint density at radius 1 is 0.592 bits per heavy atom. The fraction of sp³-hybridized carbons (Fsp3) is 0.143. The Kier molecular flexibility index (Phi) is 4.77. The highest BCUT2D eigenvalue weighted by Crippen LogP contribution is 2.53. The van der Waals surface area contributed by atoms with Gasteiger partial charge in [0.25, 0.3) is 0 Å². The van der Waals surface area contributed by atoms with Crippen molar-refractivity contribution in [2.75, 3.05) is 0 Å². The van der Waals surface area contributed by atoms with E-state index in [1.54, 1.807) is 6.07 Å². The van der Waals surface area contributed by atoms with Gasteiger partial charge < -0.3 is 9.51 Å². The first-order valence-corrected chi connectivity index (χ1v) is 16.8. The third-order valence-electron chi connectivity index (χ3n) is 11.8. The van der Waals surface area contributed by atoms with E-state index in [1.807, 2.05) is 18.5 Å². The average Bonchev–Trinajstić information content (AvgIpc) is 3.86. The molecule has 7 heterocycles. The highest BCUT2D eigenvalue weighted by Gasteiger charge is 2.49. The maximum Gasteiger partial charge on any atom is 0.168 e. The van der Waals surface area contributed by atoms with Gasteiger partial charge in [0.1, 0.15) is 16.9 Å². The molecule has 0 amide bonds. The summed E-state index contributed by atoms with van der Waals surface area (Å²) in [5, 5.41) is 15.9. The molecule has 0 radical (unpaired) electrons. The first-order chi connectivity index (χ1) is 23.8. The fourth-order valence-corrected chi connectivity index (χ4v) is 8.83. The van der Waals surface area contributed by atoms with Crippen LogP contribution in [0.25, 0.3) is 77.4 Å². The Hall–Kier alpha value is -6.08. The van der Waals surface area contributed by atoms with E-state index in [-0.39, 0.29) is 16.6 Å². The third kappa shape index (κ3) is 3.05. The zero-order valence-electron chi connectivity index (χ0n) is 27.6. The van der Waals surface area contributed by atoms with Gasteiger partial charge >= 0.3 is 0 Å². The summed E-state index contributed by atoms with van der Waals surface area (Å²) in [6.07, 6.45) is 3.83. The molecule has 0 atom stereocenters. The summed E-state index contributed by atoms with van der Waals surface area (Å²) in [6, 6.07) is 36.4. The normalized spacial score (nSPS) is 15.3. The van der Waals surface area contributed by atoms with Crippen molar-refractivity contribution in [1.29, 1.82) is 0 Å². The second kappa shape index (κ2) is 8.68. The summed E-state index contributed by atoms with van der Waals surface area (Å²) >= 11 is 0. The molecule has 0 saturated heterocycles. The van der Waals surface area contributed by atoms with Crippen LogP contribution in [0.15, 0.2) is 116 Å². The minimum Gasteiger partial charge on any atom is -0.506 e. The van der Waals surface area contributed by atoms with Gasteiger partial charge in [0.15, 0.2) is 11.5 Å². The first kappa shape index (κ1) is 26.9. The largest absolute Gasteiger partial charge is 0.506 e. The van der Waals surface area contributed by atoms with Crippen molar-refractivity contribution in [2.45, 2.75) is 38.5 Å². The van der Waals surface area contributed by atoms with E-state index in [0.29, 0.717) is 5.52 Å². The maximum absolute atomic E-state index is 11.3. The molecule has 49 heavy (non-hydrogen) atoms. The van der Waals surface area contributed by atoms with Gasteiger partial charge in [-0.2, -0.15) is 0 Å². The molecule has 7 heteroatoms. The molecule has 0 saturated carbocycles. The number of hydrogen-bond donors (Lipinski definition) is 1. The smallest absolute Gasteiger partial charge is 0.168 e. The van der Waals surface area contributed by atoms with Crippen LogP contribution in [0.5, 0.6) is 5.75 Å². The standard InChI is InChI=1S/C42H32N6O/c1-41(2)29-14-9-17-32-35(29)48-37(42(41,3)4)40(44-39(48)36-34(49)20-22-45(32)36)47-31-16-8-5-11-25(31)27-19-18-24(23-33(27)47)46-30-15-7-6-12-26(30)28-13-10-21-43-38(28)46/h5-23,49H,1-4H3. The molecule has 1 N–H and O–H groups in total. The van der Waals surface area contributed by atoms with Crippen molar-refractivity contribution in [1.82, 2.24) is 27.9 Å². The zero-order valence-corrected chi connectivity index (χ0v) is 27.6. The van der Waals surface area contributed by atoms with Gasteiger partial charge in [-0.1, -0.05) is 82.3 Å². The van der Waals surface area contributed by atoms with E-state index in [2.05, 4.69) is 137 Å². The lowest BCUT2D eigenvalue weighted by Gasteiger charge is -2.46. The van der Waals surface area contributed by atoms with Crippen LogP contribution in [0.1, 0.15) is 39.0 Å². The van der Waals surface area contributed by atoms with Crippen LogP contribution in [0.3, 0.4) is 0 Å². The lowest BCUT2D eigenvalue weighted by molar-refractivity contribution is 0.288. The van der Waals surface area contributed by atoms with Crippen LogP contribution in [-0.4, -0.2) is 33.0 Å². The van der Waals surface area contributed by atoms with Crippen LogP contribution in [0, 0.1) is 0 Å². The molecule has 11 rings (SSSR count). The van der Waals surface area contributed by atoms with Gasteiger partial charge in [-0.05, 0) is 54.1 Å². The number of nitrogens with zero attached hydrogens (tertiary/aromatic N) is 6. The van der Waals surface area contributed by atoms with E-state index >= 15 is 0 Å². The zero-order chi connectivity index (χ0) is 33.0. The van der Waals surface area contributed by atoms with Crippen LogP contribution >= 0.6 is 0 Å². The van der Waals surface area contributed by atoms with E-state index in [1.165, 1.54) is 16.3 Å². The van der Waals surface area contributed by atoms with Gasteiger partial charge in [-0.15, -0.1) is 0 Å². The fourth-order valence-electron chi connectivity index (χ4n) is 8.83. The quantitative estimate of drug-likeness (QED) is 0.206. The van der Waals surface area contributed by atoms with Crippen LogP contribution in [-0.2, 0) is 10.8 Å². The number of imidazole rings is 1. The molecule has 0 fully saturated rings. The predicted molar refractivity (Wildman–Crippen MR) is 198 cm³/mol. The maximum atomic E-state index is 11.3. The van der Waals surface area contributed by atoms with Crippen molar-refractivity contribution < 1.29 is 5.11 Å².